The molecule has 16 heteroatoms. The predicted molar refractivity (Wildman–Crippen MR) is 147 cm³/mol. The summed E-state index contributed by atoms with van der Waals surface area (Å²) in [4.78, 5) is 29.6. The van der Waals surface area contributed by atoms with Gasteiger partial charge in [-0.2, -0.15) is 41.5 Å². The third-order valence-electron chi connectivity index (χ3n) is 7.10. The van der Waals surface area contributed by atoms with Gasteiger partial charge >= 0.3 is 18.3 Å². The first-order chi connectivity index (χ1) is 20.7. The molecular formula is C28H23F6N5O4S. The van der Waals surface area contributed by atoms with Crippen LogP contribution in [0.25, 0.3) is 5.57 Å². The Kier molecular flexibility index (Phi) is 8.38. The Labute approximate surface area is 249 Å². The van der Waals surface area contributed by atoms with Crippen molar-refractivity contribution < 1.29 is 45.8 Å². The van der Waals surface area contributed by atoms with E-state index in [0.717, 1.165) is 17.4 Å². The van der Waals surface area contributed by atoms with Crippen molar-refractivity contribution in [3.63, 3.8) is 0 Å². The Balaban J connectivity index is 1.47. The number of aromatic nitrogens is 1. The van der Waals surface area contributed by atoms with Gasteiger partial charge in [-0.05, 0) is 40.6 Å². The maximum absolute atomic E-state index is 14.0. The number of anilines is 1. The van der Waals surface area contributed by atoms with Crippen LogP contribution in [0.2, 0.25) is 0 Å². The lowest BCUT2D eigenvalue weighted by Crippen LogP contribution is -2.54. The summed E-state index contributed by atoms with van der Waals surface area (Å²) in [5, 5.41) is 22.5. The minimum Gasteiger partial charge on any atom is -0.492 e. The number of methoxy groups -OCH3 is 1. The second kappa shape index (κ2) is 11.9. The third kappa shape index (κ3) is 6.54. The van der Waals surface area contributed by atoms with Crippen molar-refractivity contribution in [2.45, 2.75) is 25.2 Å². The van der Waals surface area contributed by atoms with Crippen molar-refractivity contribution in [2.75, 3.05) is 31.6 Å². The number of fused-ring (bicyclic) bond motifs is 1. The monoisotopic (exact) mass is 639 g/mol. The molecule has 5 rings (SSSR count). The van der Waals surface area contributed by atoms with Gasteiger partial charge in [-0.25, -0.2) is 0 Å². The first-order valence-electron chi connectivity index (χ1n) is 13.1. The van der Waals surface area contributed by atoms with Crippen molar-refractivity contribution in [1.29, 1.82) is 0 Å². The number of benzene rings is 2. The number of nitrogens with one attached hydrogen (secondary N) is 1. The summed E-state index contributed by atoms with van der Waals surface area (Å²) < 4.78 is 86.4. The van der Waals surface area contributed by atoms with Gasteiger partial charge < -0.3 is 20.1 Å². The smallest absolute Gasteiger partial charge is 0.416 e. The highest BCUT2D eigenvalue weighted by Crippen LogP contribution is 2.42. The standard InChI is InChI=1S/C28H23F6N5O4S/c1-43-22(40)6-7-35-24(41)17-12-39(13-17)26-37-25(42)23(44-26)19(14-3-5-21-16(8-14)11-36-38-21)9-15-2-4-18(27(29,30)31)10-20(15)28(32,33)34/h2-5,8,10-11,17,42H,6-7,9,12-13H2,1H3,(H,35,41). The van der Waals surface area contributed by atoms with Crippen LogP contribution in [0.5, 0.6) is 5.88 Å². The zero-order valence-electron chi connectivity index (χ0n) is 22.8. The number of ether oxygens (including phenoxy) is 1. The zero-order valence-corrected chi connectivity index (χ0v) is 23.6. The molecule has 44 heavy (non-hydrogen) atoms. The van der Waals surface area contributed by atoms with E-state index in [1.165, 1.54) is 13.3 Å². The van der Waals surface area contributed by atoms with E-state index in [4.69, 9.17) is 0 Å². The molecule has 0 unspecified atom stereocenters. The van der Waals surface area contributed by atoms with Gasteiger partial charge in [0.05, 0.1) is 47.0 Å². The number of aromatic hydroxyl groups is 1. The molecule has 1 aromatic heterocycles. The van der Waals surface area contributed by atoms with Crippen LogP contribution in [0.1, 0.15) is 33.6 Å². The van der Waals surface area contributed by atoms with Gasteiger partial charge in [-0.1, -0.05) is 23.5 Å². The van der Waals surface area contributed by atoms with Crippen LogP contribution in [0.3, 0.4) is 0 Å². The van der Waals surface area contributed by atoms with Gasteiger partial charge in [0, 0.05) is 31.6 Å². The first-order valence-corrected chi connectivity index (χ1v) is 13.9. The highest BCUT2D eigenvalue weighted by molar-refractivity contribution is 7.17. The fourth-order valence-electron chi connectivity index (χ4n) is 4.73. The summed E-state index contributed by atoms with van der Waals surface area (Å²) in [5.74, 6) is -1.66. The van der Waals surface area contributed by atoms with Crippen LogP contribution in [0.4, 0.5) is 31.5 Å². The SMILES string of the molecule is COC(=O)CCNC(=O)C1CN(c2nc(O)c(C(Cc3ccc(C(F)(F)F)cc3C(F)(F)F)=c3ccc4c(c3)C=NN=4)s2)C1. The van der Waals surface area contributed by atoms with Gasteiger partial charge in [-0.3, -0.25) is 9.59 Å². The summed E-state index contributed by atoms with van der Waals surface area (Å²) in [6.45, 7) is 0.574. The number of nitrogens with zero attached hydrogens (tertiary/aromatic N) is 4. The summed E-state index contributed by atoms with van der Waals surface area (Å²) in [6, 6.07) is 6.22. The van der Waals surface area contributed by atoms with E-state index in [-0.39, 0.29) is 48.5 Å². The molecule has 1 amide bonds. The van der Waals surface area contributed by atoms with Crippen LogP contribution in [0, 0.1) is 5.92 Å². The van der Waals surface area contributed by atoms with Crippen molar-refractivity contribution in [3.05, 3.63) is 74.1 Å². The molecular weight excluding hydrogens is 616 g/mol. The fraction of sp³-hybridized carbons (Fsp3) is 0.321. The van der Waals surface area contributed by atoms with Crippen molar-refractivity contribution in [3.8, 4) is 5.88 Å². The lowest BCUT2D eigenvalue weighted by atomic mass is 9.94. The minimum absolute atomic E-state index is 0.0125. The number of amides is 1. The van der Waals surface area contributed by atoms with Crippen LogP contribution >= 0.6 is 11.3 Å². The molecule has 2 aliphatic heterocycles. The summed E-state index contributed by atoms with van der Waals surface area (Å²) in [6.07, 6.45) is -9.09. The molecule has 2 N–H and O–H groups in total. The van der Waals surface area contributed by atoms with Crippen molar-refractivity contribution >= 4 is 40.1 Å². The van der Waals surface area contributed by atoms with E-state index in [1.807, 2.05) is 0 Å². The van der Waals surface area contributed by atoms with E-state index in [2.05, 4.69) is 25.2 Å². The van der Waals surface area contributed by atoms with E-state index in [1.54, 1.807) is 23.1 Å². The molecule has 0 bridgehead atoms. The number of alkyl halides is 6. The van der Waals surface area contributed by atoms with Crippen LogP contribution in [0.15, 0.2) is 46.6 Å². The highest BCUT2D eigenvalue weighted by Gasteiger charge is 2.39. The van der Waals surface area contributed by atoms with Crippen LogP contribution < -0.4 is 20.8 Å². The lowest BCUT2D eigenvalue weighted by Gasteiger charge is -2.37. The van der Waals surface area contributed by atoms with Gasteiger partial charge in [0.25, 0.3) is 0 Å². The molecule has 0 atom stereocenters. The second-order valence-electron chi connectivity index (χ2n) is 10.0. The number of halogens is 6. The number of hydrogen-bond acceptors (Lipinski definition) is 9. The van der Waals surface area contributed by atoms with Gasteiger partial charge in [0.15, 0.2) is 5.13 Å². The molecule has 0 radical (unpaired) electrons. The largest absolute Gasteiger partial charge is 0.492 e. The second-order valence-corrected chi connectivity index (χ2v) is 11.0. The number of thiazole rings is 1. The summed E-state index contributed by atoms with van der Waals surface area (Å²) in [5.41, 5.74) is -2.55. The Morgan fingerprint density at radius 1 is 1.09 bits per heavy atom. The maximum Gasteiger partial charge on any atom is 0.416 e. The Morgan fingerprint density at radius 3 is 2.52 bits per heavy atom. The molecule has 2 aliphatic rings. The Morgan fingerprint density at radius 2 is 1.84 bits per heavy atom. The molecule has 232 valence electrons. The maximum atomic E-state index is 14.0. The molecule has 0 spiro atoms. The molecule has 0 saturated carbocycles. The van der Waals surface area contributed by atoms with Gasteiger partial charge in [-0.15, -0.1) is 0 Å². The van der Waals surface area contributed by atoms with Gasteiger partial charge in [0.1, 0.15) is 0 Å². The van der Waals surface area contributed by atoms with E-state index < -0.39 is 53.2 Å². The fourth-order valence-corrected chi connectivity index (χ4v) is 5.78. The Hall–Kier alpha value is -4.47. The number of esters is 1. The van der Waals surface area contributed by atoms with Gasteiger partial charge in [0.2, 0.25) is 11.8 Å². The van der Waals surface area contributed by atoms with Crippen molar-refractivity contribution in [2.24, 2.45) is 16.1 Å². The first kappa shape index (κ1) is 31.0. The minimum atomic E-state index is -5.09. The predicted octanol–water partition coefficient (Wildman–Crippen LogP) is 3.41. The zero-order chi connectivity index (χ0) is 31.8. The average molecular weight is 640 g/mol. The quantitative estimate of drug-likeness (QED) is 0.289. The third-order valence-corrected chi connectivity index (χ3v) is 8.26. The van der Waals surface area contributed by atoms with Crippen LogP contribution in [-0.2, 0) is 33.1 Å². The molecule has 0 aliphatic carbocycles. The molecule has 9 nitrogen and oxygen atoms in total. The van der Waals surface area contributed by atoms with E-state index in [0.29, 0.717) is 27.3 Å². The summed E-state index contributed by atoms with van der Waals surface area (Å²) in [7, 11) is 1.24. The highest BCUT2D eigenvalue weighted by atomic mass is 32.1. The molecule has 1 fully saturated rings. The van der Waals surface area contributed by atoms with E-state index in [9.17, 15) is 41.0 Å². The van der Waals surface area contributed by atoms with E-state index >= 15 is 0 Å². The molecule has 3 heterocycles. The molecule has 2 aromatic carbocycles. The lowest BCUT2D eigenvalue weighted by molar-refractivity contribution is -0.144. The summed E-state index contributed by atoms with van der Waals surface area (Å²) >= 11 is 0.975. The molecule has 3 aromatic rings. The molecule has 1 saturated heterocycles. The number of carbonyl (C=O) groups is 2. The number of carbonyl (C=O) groups excluding carboxylic acids is 2. The Bertz CT molecular complexity index is 1760. The van der Waals surface area contributed by atoms with Crippen LogP contribution in [-0.4, -0.2) is 54.9 Å². The van der Waals surface area contributed by atoms with Crippen molar-refractivity contribution in [1.82, 2.24) is 10.3 Å². The average Bonchev–Trinajstić information content (AvgIpc) is 3.55. The number of rotatable bonds is 8. The normalized spacial score (nSPS) is 15.4. The topological polar surface area (TPSA) is 116 Å². The number of hydrogen-bond donors (Lipinski definition) is 2.